The molecule has 30 heavy (non-hydrogen) atoms. The fourth-order valence-electron chi connectivity index (χ4n) is 3.26. The molecule has 0 amide bonds. The number of hydrogen-bond acceptors (Lipinski definition) is 5. The highest BCUT2D eigenvalue weighted by Crippen LogP contribution is 2.40. The molecular formula is C20H17F3N4O3. The molecule has 0 N–H and O–H groups in total. The highest BCUT2D eigenvalue weighted by atomic mass is 19.4. The van der Waals surface area contributed by atoms with E-state index in [2.05, 4.69) is 10.2 Å². The number of pyridine rings is 1. The highest BCUT2D eigenvalue weighted by molar-refractivity contribution is 5.91. The number of aryl methyl sites for hydroxylation is 1. The first-order valence-electron chi connectivity index (χ1n) is 9.05. The van der Waals surface area contributed by atoms with Crippen LogP contribution in [0.15, 0.2) is 41.3 Å². The summed E-state index contributed by atoms with van der Waals surface area (Å²) in [6, 6.07) is 4.87. The number of carbonyl (C=O) groups is 1. The lowest BCUT2D eigenvalue weighted by atomic mass is 10.0. The first-order chi connectivity index (χ1) is 14.2. The fraction of sp³-hybridized carbons (Fsp3) is 0.250. The molecule has 10 heteroatoms. The number of alkyl halides is 3. The molecule has 0 spiro atoms. The molecule has 0 fully saturated rings. The van der Waals surface area contributed by atoms with E-state index < -0.39 is 17.8 Å². The highest BCUT2D eigenvalue weighted by Gasteiger charge is 2.39. The number of fused-ring (bicyclic) bond motifs is 1. The van der Waals surface area contributed by atoms with E-state index in [1.54, 1.807) is 32.2 Å². The van der Waals surface area contributed by atoms with Crippen LogP contribution in [-0.2, 0) is 18.0 Å². The molecule has 0 radical (unpaired) electrons. The van der Waals surface area contributed by atoms with Crippen LogP contribution in [0.2, 0.25) is 0 Å². The lowest BCUT2D eigenvalue weighted by Crippen LogP contribution is -2.08. The maximum absolute atomic E-state index is 13.6. The topological polar surface area (TPSA) is 74.6 Å². The molecule has 0 aliphatic carbocycles. The Labute approximate surface area is 168 Å². The number of carbonyl (C=O) groups excluding carboxylic acids is 1. The summed E-state index contributed by atoms with van der Waals surface area (Å²) in [6.45, 7) is 3.50. The van der Waals surface area contributed by atoms with Gasteiger partial charge >= 0.3 is 12.1 Å². The summed E-state index contributed by atoms with van der Waals surface area (Å²) >= 11 is 0. The Morgan fingerprint density at radius 3 is 2.77 bits per heavy atom. The van der Waals surface area contributed by atoms with Gasteiger partial charge in [-0.15, -0.1) is 0 Å². The third-order valence-corrected chi connectivity index (χ3v) is 4.79. The summed E-state index contributed by atoms with van der Waals surface area (Å²) in [7, 11) is 1.46. The molecule has 4 heterocycles. The monoisotopic (exact) mass is 418 g/mol. The predicted octanol–water partition coefficient (Wildman–Crippen LogP) is 4.50. The van der Waals surface area contributed by atoms with Gasteiger partial charge in [-0.05, 0) is 32.0 Å². The van der Waals surface area contributed by atoms with Crippen molar-refractivity contribution in [2.75, 3.05) is 6.61 Å². The Morgan fingerprint density at radius 2 is 2.07 bits per heavy atom. The van der Waals surface area contributed by atoms with Crippen LogP contribution in [-0.4, -0.2) is 32.0 Å². The Balaban J connectivity index is 1.84. The third kappa shape index (κ3) is 3.23. The molecule has 4 rings (SSSR count). The van der Waals surface area contributed by atoms with E-state index in [0.717, 1.165) is 0 Å². The van der Waals surface area contributed by atoms with Crippen molar-refractivity contribution < 1.29 is 27.1 Å². The van der Waals surface area contributed by atoms with Crippen LogP contribution >= 0.6 is 0 Å². The molecule has 0 unspecified atom stereocenters. The molecule has 4 aromatic heterocycles. The summed E-state index contributed by atoms with van der Waals surface area (Å²) in [6.07, 6.45) is -0.338. The van der Waals surface area contributed by atoms with Crippen LogP contribution in [0.4, 0.5) is 13.2 Å². The zero-order valence-corrected chi connectivity index (χ0v) is 16.3. The lowest BCUT2D eigenvalue weighted by Gasteiger charge is -2.07. The molecule has 7 nitrogen and oxygen atoms in total. The zero-order valence-electron chi connectivity index (χ0n) is 16.3. The zero-order chi connectivity index (χ0) is 21.6. The van der Waals surface area contributed by atoms with Gasteiger partial charge in [0.25, 0.3) is 0 Å². The van der Waals surface area contributed by atoms with E-state index in [1.165, 1.54) is 34.8 Å². The number of hydrogen-bond donors (Lipinski definition) is 0. The largest absolute Gasteiger partial charge is 0.463 e. The third-order valence-electron chi connectivity index (χ3n) is 4.79. The Morgan fingerprint density at radius 1 is 1.30 bits per heavy atom. The van der Waals surface area contributed by atoms with Gasteiger partial charge in [0.05, 0.1) is 23.9 Å². The quantitative estimate of drug-likeness (QED) is 0.456. The van der Waals surface area contributed by atoms with Crippen molar-refractivity contribution >= 4 is 11.5 Å². The fourth-order valence-corrected chi connectivity index (χ4v) is 3.26. The van der Waals surface area contributed by atoms with Gasteiger partial charge in [-0.1, -0.05) is 0 Å². The molecule has 0 aliphatic rings. The molecule has 4 aromatic rings. The van der Waals surface area contributed by atoms with E-state index in [9.17, 15) is 18.0 Å². The lowest BCUT2D eigenvalue weighted by molar-refractivity contribution is -0.140. The summed E-state index contributed by atoms with van der Waals surface area (Å²) in [4.78, 5) is 11.9. The maximum atomic E-state index is 13.6. The van der Waals surface area contributed by atoms with Crippen molar-refractivity contribution in [3.8, 4) is 22.5 Å². The summed E-state index contributed by atoms with van der Waals surface area (Å²) in [5, 5.41) is 7.82. The van der Waals surface area contributed by atoms with Crippen molar-refractivity contribution in [1.82, 2.24) is 19.4 Å². The Bertz CT molecular complexity index is 1250. The Hall–Kier alpha value is -3.56. The second-order valence-electron chi connectivity index (χ2n) is 6.65. The van der Waals surface area contributed by atoms with Crippen LogP contribution in [0.1, 0.15) is 28.7 Å². The van der Waals surface area contributed by atoms with Crippen LogP contribution in [0.25, 0.3) is 28.0 Å². The van der Waals surface area contributed by atoms with E-state index in [1.807, 2.05) is 0 Å². The number of halogens is 3. The smallest absolute Gasteiger partial charge is 0.435 e. The van der Waals surface area contributed by atoms with Crippen molar-refractivity contribution in [1.29, 1.82) is 0 Å². The van der Waals surface area contributed by atoms with Gasteiger partial charge in [0.15, 0.2) is 5.69 Å². The normalized spacial score (nSPS) is 11.9. The molecule has 0 saturated heterocycles. The Kier molecular flexibility index (Phi) is 4.64. The number of ether oxygens (including phenoxy) is 1. The molecule has 0 atom stereocenters. The van der Waals surface area contributed by atoms with E-state index >= 15 is 0 Å². The van der Waals surface area contributed by atoms with E-state index in [4.69, 9.17) is 9.15 Å². The number of rotatable bonds is 4. The predicted molar refractivity (Wildman–Crippen MR) is 101 cm³/mol. The van der Waals surface area contributed by atoms with Gasteiger partial charge in [0.1, 0.15) is 12.0 Å². The van der Waals surface area contributed by atoms with Gasteiger partial charge < -0.3 is 9.15 Å². The van der Waals surface area contributed by atoms with E-state index in [0.29, 0.717) is 28.1 Å². The van der Waals surface area contributed by atoms with Crippen LogP contribution in [0, 0.1) is 6.92 Å². The van der Waals surface area contributed by atoms with Gasteiger partial charge in [0.2, 0.25) is 0 Å². The minimum absolute atomic E-state index is 0.0243. The van der Waals surface area contributed by atoms with Crippen LogP contribution in [0.5, 0.6) is 0 Å². The van der Waals surface area contributed by atoms with Gasteiger partial charge in [-0.3, -0.25) is 4.68 Å². The minimum Gasteiger partial charge on any atom is -0.463 e. The van der Waals surface area contributed by atoms with Gasteiger partial charge in [-0.2, -0.15) is 23.4 Å². The minimum atomic E-state index is -4.61. The molecule has 156 valence electrons. The SMILES string of the molecule is CCOC(=O)c1coc(-c2ccn3ncc(-c4c(C(F)(F)F)nn(C)c4C)c3c2)c1. The molecule has 0 aliphatic heterocycles. The molecular weight excluding hydrogens is 401 g/mol. The molecule has 0 aromatic carbocycles. The van der Waals surface area contributed by atoms with Crippen molar-refractivity contribution in [3.05, 3.63) is 53.8 Å². The average molecular weight is 418 g/mol. The molecule has 0 bridgehead atoms. The number of furan rings is 1. The first kappa shape index (κ1) is 19.7. The second kappa shape index (κ2) is 7.05. The van der Waals surface area contributed by atoms with Crippen molar-refractivity contribution in [2.45, 2.75) is 20.0 Å². The van der Waals surface area contributed by atoms with Crippen LogP contribution in [0.3, 0.4) is 0 Å². The van der Waals surface area contributed by atoms with Crippen LogP contribution < -0.4 is 0 Å². The maximum Gasteiger partial charge on any atom is 0.435 e. The average Bonchev–Trinajstić information content (AvgIpc) is 3.39. The number of aromatic nitrogens is 4. The summed E-state index contributed by atoms with van der Waals surface area (Å²) in [5.41, 5.74) is 0.951. The van der Waals surface area contributed by atoms with Gasteiger partial charge in [-0.25, -0.2) is 9.31 Å². The second-order valence-corrected chi connectivity index (χ2v) is 6.65. The molecule has 0 saturated carbocycles. The summed E-state index contributed by atoms with van der Waals surface area (Å²) in [5.74, 6) is -0.133. The van der Waals surface area contributed by atoms with Crippen molar-refractivity contribution in [3.63, 3.8) is 0 Å². The number of esters is 1. The van der Waals surface area contributed by atoms with Crippen molar-refractivity contribution in [2.24, 2.45) is 7.05 Å². The first-order valence-corrected chi connectivity index (χ1v) is 9.05. The number of nitrogens with zero attached hydrogens (tertiary/aromatic N) is 4. The standard InChI is InChI=1S/C20H17F3N4O3/c1-4-29-19(28)13-8-16(30-10-13)12-5-6-27-15(7-12)14(9-24-27)17-11(2)26(3)25-18(17)20(21,22)23/h5-10H,4H2,1-3H3. The van der Waals surface area contributed by atoms with E-state index in [-0.39, 0.29) is 17.7 Å². The summed E-state index contributed by atoms with van der Waals surface area (Å²) < 4.78 is 53.8. The van der Waals surface area contributed by atoms with Gasteiger partial charge in [0, 0.05) is 35.6 Å².